The molecule has 44 nitrogen and oxygen atoms in total. The first-order valence-electron chi connectivity index (χ1n) is 43.1. The second-order valence-corrected chi connectivity index (χ2v) is 33.0. The number of hydrogen-bond donors (Lipinski definition) is 24. The standard InChI is InChI=1S/C81H133N25O19/c1-7-8-21-47(36-64(109)92-41-65(110)97-61(38-66(111)112)76(122)94-44(5)69(115)104-59(35-46-19-10-9-11-20-46)78(124)106-60(37-63(83)108)79(125)101-55(67(84)113)29-17-32-90-80(85)86)96-74(120)56(25-12-13-31-82)102-71(117)49-23-15-28-54(49)100-77(123)58(34-42(2)3)105-72(118)50-24-16-27-53(50)99-75(121)57(30-18-33-91-81(87)88)103-70(116)48-22-14-26-52(48)98-68(114)43(4)93-73(119)51-39-89-40-62(51)95-45(6)107/h9-11,19-20,42-44,47-62,89H,7-8,12-18,21-41,82H2,1-6H3,(H2,83,108)(H2,84,113)(H,92,109)(H,93,119)(H,94,122)(H,95,107)(H,96,120)(H,97,110)(H,98,114)(H,99,121)(H,100,123)(H,101,125)(H,102,117)(H,103,116)(H,104,115)(H,105,118)(H,106,124)(H,111,112)(H4,85,86,90)(H4,87,88,91)/t43-,44-,47-,48+,49+,50+,51+,52+,53+,54+,55-,56-,57-,58-,59-,60-,61-,62+/m0/s1. The lowest BCUT2D eigenvalue weighted by atomic mass is 9.97. The molecule has 1 aromatic rings. The Kier molecular flexibility index (Phi) is 44.2. The molecule has 1 aliphatic heterocycles. The Bertz CT molecular complexity index is 3940. The van der Waals surface area contributed by atoms with Gasteiger partial charge in [0.25, 0.3) is 0 Å². The molecule has 17 amide bonds. The van der Waals surface area contributed by atoms with Crippen LogP contribution in [0.15, 0.2) is 40.3 Å². The first-order valence-corrected chi connectivity index (χ1v) is 43.1. The van der Waals surface area contributed by atoms with Gasteiger partial charge in [-0.15, -0.1) is 0 Å². The molecule has 0 bridgehead atoms. The van der Waals surface area contributed by atoms with E-state index in [0.29, 0.717) is 102 Å². The van der Waals surface area contributed by atoms with Crippen LogP contribution in [-0.4, -0.2) is 247 Å². The fraction of sp³-hybridized carbons (Fsp3) is 0.679. The first-order chi connectivity index (χ1) is 59.3. The summed E-state index contributed by atoms with van der Waals surface area (Å²) in [5, 5.41) is 53.1. The van der Waals surface area contributed by atoms with Crippen molar-refractivity contribution < 1.29 is 91.4 Å². The molecule has 0 aromatic heterocycles. The van der Waals surface area contributed by atoms with Crippen molar-refractivity contribution in [1.29, 1.82) is 0 Å². The maximum absolute atomic E-state index is 14.5. The van der Waals surface area contributed by atoms with Crippen LogP contribution in [0.2, 0.25) is 0 Å². The van der Waals surface area contributed by atoms with Crippen LogP contribution in [0.4, 0.5) is 0 Å². The summed E-state index contributed by atoms with van der Waals surface area (Å²) in [4.78, 5) is 252. The molecule has 44 heteroatoms. The van der Waals surface area contributed by atoms with Gasteiger partial charge in [0.15, 0.2) is 11.9 Å². The molecule has 1 heterocycles. The van der Waals surface area contributed by atoms with E-state index < -0.39 is 228 Å². The minimum atomic E-state index is -1.85. The van der Waals surface area contributed by atoms with E-state index in [9.17, 15) is 91.4 Å². The third kappa shape index (κ3) is 36.8. The van der Waals surface area contributed by atoms with Crippen LogP contribution in [0.25, 0.3) is 0 Å². The molecule has 3 aliphatic carbocycles. The number of benzene rings is 1. The summed E-state index contributed by atoms with van der Waals surface area (Å²) in [5.74, 6) is -17.7. The molecule has 4 aliphatic rings. The number of carbonyl (C=O) groups is 18. The van der Waals surface area contributed by atoms with Crippen LogP contribution in [-0.2, 0) is 92.7 Å². The Morgan fingerprint density at radius 3 is 1.43 bits per heavy atom. The zero-order valence-corrected chi connectivity index (χ0v) is 72.3. The van der Waals surface area contributed by atoms with Crippen LogP contribution in [0.3, 0.4) is 0 Å². The molecule has 1 saturated heterocycles. The van der Waals surface area contributed by atoms with E-state index in [1.807, 2.05) is 20.8 Å². The number of hydrogen-bond acceptors (Lipinski definition) is 22. The van der Waals surface area contributed by atoms with Crippen molar-refractivity contribution in [2.24, 2.45) is 79.7 Å². The van der Waals surface area contributed by atoms with Gasteiger partial charge in [0.05, 0.1) is 49.1 Å². The quantitative estimate of drug-likeness (QED) is 0.0164. The molecule has 696 valence electrons. The maximum Gasteiger partial charge on any atom is 0.305 e. The number of unbranched alkanes of at least 4 members (excludes halogenated alkanes) is 2. The number of nitrogens with two attached hydrogens (primary N) is 7. The van der Waals surface area contributed by atoms with Gasteiger partial charge in [-0.1, -0.05) is 83.2 Å². The van der Waals surface area contributed by atoms with E-state index in [0.717, 1.165) is 0 Å². The fourth-order valence-electron chi connectivity index (χ4n) is 15.6. The van der Waals surface area contributed by atoms with Crippen LogP contribution < -0.4 is 125 Å². The van der Waals surface area contributed by atoms with Crippen molar-refractivity contribution >= 4 is 118 Å². The normalized spacial score (nSPS) is 20.6. The molecule has 31 N–H and O–H groups in total. The minimum absolute atomic E-state index is 0.0457. The first kappa shape index (κ1) is 104. The van der Waals surface area contributed by atoms with Crippen molar-refractivity contribution in [2.45, 2.75) is 280 Å². The van der Waals surface area contributed by atoms with Crippen molar-refractivity contribution in [3.05, 3.63) is 35.9 Å². The zero-order chi connectivity index (χ0) is 92.6. The highest BCUT2D eigenvalue weighted by Gasteiger charge is 2.44. The molecule has 0 radical (unpaired) electrons. The number of carboxylic acid groups (broad SMARTS) is 1. The zero-order valence-electron chi connectivity index (χ0n) is 72.3. The fourth-order valence-corrected chi connectivity index (χ4v) is 15.6. The molecule has 18 atom stereocenters. The SMILES string of the molecule is CCCC[C@@H](CC(=O)NCC(=O)N[C@@H](CC(=O)O)C(=O)N[C@@H](C)C(=O)N[C@@H](Cc1ccccc1)C(=O)N[C@@H](CC(N)=O)C(=O)N[C@@H](CCCN=C(N)N)C(N)=O)NC(=O)[C@H](CCCCN)NC(=O)[C@@H]1CCC[C@H]1NC(=O)[C@H](CC(C)C)NC(=O)[C@@H]1CCC[C@H]1NC(=O)[C@H](CCCN=C(N)N)NC(=O)[C@@H]1CCC[C@H]1NC(=O)[C@H](C)NC(=O)[C@@H]1CNC[C@H]1NC(C)=O. The number of primary amides is 2. The Balaban J connectivity index is 1.18. The van der Waals surface area contributed by atoms with Crippen molar-refractivity contribution in [3.8, 4) is 0 Å². The third-order valence-electron chi connectivity index (χ3n) is 22.2. The Morgan fingerprint density at radius 1 is 0.440 bits per heavy atom. The summed E-state index contributed by atoms with van der Waals surface area (Å²) in [6, 6.07) is -7.53. The molecular formula is C81H133N25O19. The van der Waals surface area contributed by atoms with Crippen LogP contribution in [0.5, 0.6) is 0 Å². The predicted octanol–water partition coefficient (Wildman–Crippen LogP) is -6.49. The smallest absolute Gasteiger partial charge is 0.305 e. The Morgan fingerprint density at radius 2 is 0.912 bits per heavy atom. The molecule has 0 unspecified atom stereocenters. The van der Waals surface area contributed by atoms with Gasteiger partial charge >= 0.3 is 5.97 Å². The number of carbonyl (C=O) groups excluding carboxylic acids is 17. The minimum Gasteiger partial charge on any atom is -0.481 e. The van der Waals surface area contributed by atoms with E-state index in [-0.39, 0.29) is 101 Å². The highest BCUT2D eigenvalue weighted by molar-refractivity contribution is 6.00. The van der Waals surface area contributed by atoms with Crippen molar-refractivity contribution in [3.63, 3.8) is 0 Å². The lowest BCUT2D eigenvalue weighted by Gasteiger charge is -2.29. The number of guanidine groups is 2. The van der Waals surface area contributed by atoms with Crippen LogP contribution in [0, 0.1) is 29.6 Å². The number of rotatable bonds is 54. The third-order valence-corrected chi connectivity index (χ3v) is 22.2. The monoisotopic (exact) mass is 1760 g/mol. The van der Waals surface area contributed by atoms with Gasteiger partial charge in [0, 0.05) is 70.1 Å². The molecule has 125 heavy (non-hydrogen) atoms. The van der Waals surface area contributed by atoms with Gasteiger partial charge in [-0.05, 0) is 128 Å². The predicted molar refractivity (Wildman–Crippen MR) is 457 cm³/mol. The summed E-state index contributed by atoms with van der Waals surface area (Å²) >= 11 is 0. The summed E-state index contributed by atoms with van der Waals surface area (Å²) in [5.41, 5.74) is 39.2. The highest BCUT2D eigenvalue weighted by Crippen LogP contribution is 2.30. The highest BCUT2D eigenvalue weighted by atomic mass is 16.4. The van der Waals surface area contributed by atoms with Gasteiger partial charge in [0.1, 0.15) is 54.4 Å². The molecule has 3 saturated carbocycles. The Hall–Kier alpha value is -11.9. The number of nitrogens with one attached hydrogen (secondary N) is 16. The van der Waals surface area contributed by atoms with Gasteiger partial charge in [-0.3, -0.25) is 96.3 Å². The van der Waals surface area contributed by atoms with E-state index in [1.165, 1.54) is 20.8 Å². The lowest BCUT2D eigenvalue weighted by molar-refractivity contribution is -0.141. The number of carboxylic acids is 1. The van der Waals surface area contributed by atoms with Gasteiger partial charge in [0.2, 0.25) is 100 Å². The van der Waals surface area contributed by atoms with Crippen molar-refractivity contribution in [2.75, 3.05) is 39.3 Å². The van der Waals surface area contributed by atoms with Crippen LogP contribution >= 0.6 is 0 Å². The maximum atomic E-state index is 14.5. The molecule has 5 rings (SSSR count). The lowest BCUT2D eigenvalue weighted by Crippen LogP contribution is -2.59. The van der Waals surface area contributed by atoms with E-state index in [1.54, 1.807) is 30.3 Å². The number of aliphatic carboxylic acids is 1. The van der Waals surface area contributed by atoms with Crippen molar-refractivity contribution in [1.82, 2.24) is 85.1 Å². The molecule has 1 aromatic carbocycles. The molecule has 0 spiro atoms. The summed E-state index contributed by atoms with van der Waals surface area (Å²) in [7, 11) is 0. The number of nitrogens with zero attached hydrogens (tertiary/aromatic N) is 2. The average molecular weight is 1760 g/mol. The van der Waals surface area contributed by atoms with Gasteiger partial charge in [-0.25, -0.2) is 0 Å². The average Bonchev–Trinajstić information content (AvgIpc) is 1.71. The number of amides is 17. The van der Waals surface area contributed by atoms with Gasteiger partial charge in [-0.2, -0.15) is 0 Å². The second kappa shape index (κ2) is 53.3. The molecular weight excluding hydrogens is 1630 g/mol. The second-order valence-electron chi connectivity index (χ2n) is 33.0. The topological polar surface area (TPSA) is 727 Å². The summed E-state index contributed by atoms with van der Waals surface area (Å²) < 4.78 is 0. The van der Waals surface area contributed by atoms with Crippen LogP contribution in [0.1, 0.15) is 195 Å². The van der Waals surface area contributed by atoms with E-state index in [2.05, 4.69) is 95.1 Å². The summed E-state index contributed by atoms with van der Waals surface area (Å²) in [6.07, 6.45) is 4.55. The number of aliphatic imine (C=N–C) groups is 2. The molecule has 4 fully saturated rings. The van der Waals surface area contributed by atoms with Gasteiger partial charge < -0.3 is 130 Å². The van der Waals surface area contributed by atoms with E-state index >= 15 is 0 Å². The van der Waals surface area contributed by atoms with E-state index in [4.69, 9.17) is 40.1 Å². The summed E-state index contributed by atoms with van der Waals surface area (Å²) in [6.45, 7) is 10.0. The Labute approximate surface area is 726 Å². The largest absolute Gasteiger partial charge is 0.481 e.